The van der Waals surface area contributed by atoms with Crippen molar-refractivity contribution in [3.63, 3.8) is 0 Å². The first-order chi connectivity index (χ1) is 8.97. The fraction of sp³-hybridized carbons (Fsp3) is 0.250. The summed E-state index contributed by atoms with van der Waals surface area (Å²) in [5, 5.41) is 3.96. The first-order valence-corrected chi connectivity index (χ1v) is 7.56. The number of rotatable bonds is 5. The molecule has 2 rings (SSSR count). The van der Waals surface area contributed by atoms with Gasteiger partial charge in [0.05, 0.1) is 18.4 Å². The average Bonchev–Trinajstić information content (AvgIpc) is 2.80. The topological polar surface area (TPSA) is 87.2 Å². The summed E-state index contributed by atoms with van der Waals surface area (Å²) in [5.74, 6) is 0.609. The van der Waals surface area contributed by atoms with Crippen LogP contribution in [0, 0.1) is 0 Å². The Labute approximate surface area is 111 Å². The summed E-state index contributed by atoms with van der Waals surface area (Å²) in [4.78, 5) is 0.201. The van der Waals surface area contributed by atoms with E-state index in [1.54, 1.807) is 12.1 Å². The van der Waals surface area contributed by atoms with Crippen LogP contribution in [0.4, 0.5) is 5.69 Å². The highest BCUT2D eigenvalue weighted by molar-refractivity contribution is 7.90. The van der Waals surface area contributed by atoms with E-state index in [4.69, 9.17) is 10.5 Å². The molecule has 0 saturated heterocycles. The van der Waals surface area contributed by atoms with E-state index in [2.05, 4.69) is 5.10 Å². The van der Waals surface area contributed by atoms with Crippen molar-refractivity contribution >= 4 is 15.5 Å². The van der Waals surface area contributed by atoms with E-state index in [0.717, 1.165) is 6.26 Å². The van der Waals surface area contributed by atoms with Gasteiger partial charge in [0.1, 0.15) is 17.3 Å². The Kier molecular flexibility index (Phi) is 3.75. The lowest BCUT2D eigenvalue weighted by molar-refractivity contribution is 0.292. The fourth-order valence-corrected chi connectivity index (χ4v) is 2.07. The van der Waals surface area contributed by atoms with Crippen LogP contribution >= 0.6 is 0 Å². The van der Waals surface area contributed by atoms with Gasteiger partial charge >= 0.3 is 0 Å². The second-order valence-electron chi connectivity index (χ2n) is 4.10. The van der Waals surface area contributed by atoms with Gasteiger partial charge in [0, 0.05) is 12.5 Å². The van der Waals surface area contributed by atoms with Crippen LogP contribution in [0.5, 0.6) is 5.75 Å². The molecule has 0 saturated carbocycles. The van der Waals surface area contributed by atoms with Gasteiger partial charge < -0.3 is 10.5 Å². The van der Waals surface area contributed by atoms with Crippen LogP contribution in [0.25, 0.3) is 0 Å². The van der Waals surface area contributed by atoms with Crippen LogP contribution < -0.4 is 10.5 Å². The van der Waals surface area contributed by atoms with Crippen molar-refractivity contribution in [2.24, 2.45) is 0 Å². The molecule has 102 valence electrons. The number of nitrogens with zero attached hydrogens (tertiary/aromatic N) is 2. The number of hydrogen-bond acceptors (Lipinski definition) is 5. The third-order valence-electron chi connectivity index (χ3n) is 2.53. The van der Waals surface area contributed by atoms with E-state index in [9.17, 15) is 8.42 Å². The van der Waals surface area contributed by atoms with E-state index < -0.39 is 9.84 Å². The highest BCUT2D eigenvalue weighted by Crippen LogP contribution is 2.19. The van der Waals surface area contributed by atoms with Crippen LogP contribution in [0.15, 0.2) is 41.6 Å². The normalized spacial score (nSPS) is 11.4. The van der Waals surface area contributed by atoms with E-state index in [0.29, 0.717) is 24.6 Å². The first-order valence-electron chi connectivity index (χ1n) is 5.66. The van der Waals surface area contributed by atoms with Gasteiger partial charge in [-0.1, -0.05) is 12.1 Å². The number of nitrogens with two attached hydrogens (primary N) is 1. The number of anilines is 1. The van der Waals surface area contributed by atoms with Crippen molar-refractivity contribution in [1.29, 1.82) is 0 Å². The molecule has 2 aromatic rings. The molecule has 1 heterocycles. The second-order valence-corrected chi connectivity index (χ2v) is 6.11. The minimum Gasteiger partial charge on any atom is -0.490 e. The van der Waals surface area contributed by atoms with Gasteiger partial charge in [-0.15, -0.1) is 0 Å². The molecule has 6 nitrogen and oxygen atoms in total. The van der Waals surface area contributed by atoms with Gasteiger partial charge in [0.2, 0.25) is 0 Å². The molecule has 0 fully saturated rings. The van der Waals surface area contributed by atoms with Gasteiger partial charge in [-0.2, -0.15) is 5.10 Å². The van der Waals surface area contributed by atoms with E-state index >= 15 is 0 Å². The van der Waals surface area contributed by atoms with Gasteiger partial charge in [0.15, 0.2) is 9.84 Å². The van der Waals surface area contributed by atoms with Crippen molar-refractivity contribution < 1.29 is 13.2 Å². The molecule has 1 aromatic heterocycles. The maximum atomic E-state index is 11.3. The Morgan fingerprint density at radius 2 is 2.11 bits per heavy atom. The summed E-state index contributed by atoms with van der Waals surface area (Å²) in [6.45, 7) is 0.808. The maximum absolute atomic E-state index is 11.3. The fourth-order valence-electron chi connectivity index (χ4n) is 1.52. The van der Waals surface area contributed by atoms with Crippen molar-refractivity contribution in [2.45, 2.75) is 11.4 Å². The Morgan fingerprint density at radius 3 is 2.74 bits per heavy atom. The molecule has 0 bridgehead atoms. The molecule has 19 heavy (non-hydrogen) atoms. The summed E-state index contributed by atoms with van der Waals surface area (Å²) in [6, 6.07) is 7.20. The number of ether oxygens (including phenoxy) is 1. The third-order valence-corrected chi connectivity index (χ3v) is 3.60. The van der Waals surface area contributed by atoms with Crippen molar-refractivity contribution in [3.8, 4) is 5.75 Å². The lowest BCUT2D eigenvalue weighted by Crippen LogP contribution is -2.09. The lowest BCUT2D eigenvalue weighted by atomic mass is 10.3. The predicted molar refractivity (Wildman–Crippen MR) is 71.7 cm³/mol. The van der Waals surface area contributed by atoms with Crippen LogP contribution in [-0.2, 0) is 16.4 Å². The SMILES string of the molecule is CS(=O)(=O)c1cnn(CCOc2ccccc2N)c1. The van der Waals surface area contributed by atoms with Crippen LogP contribution in [0.3, 0.4) is 0 Å². The number of nitrogen functional groups attached to an aromatic ring is 1. The van der Waals surface area contributed by atoms with Crippen molar-refractivity contribution in [2.75, 3.05) is 18.6 Å². The summed E-state index contributed by atoms with van der Waals surface area (Å²) in [7, 11) is -3.21. The van der Waals surface area contributed by atoms with Crippen molar-refractivity contribution in [1.82, 2.24) is 9.78 Å². The zero-order chi connectivity index (χ0) is 13.9. The van der Waals surface area contributed by atoms with E-state index in [1.807, 2.05) is 12.1 Å². The van der Waals surface area contributed by atoms with Crippen LogP contribution in [0.2, 0.25) is 0 Å². The number of sulfone groups is 1. The second kappa shape index (κ2) is 5.31. The third kappa shape index (κ3) is 3.47. The molecule has 0 aliphatic carbocycles. The van der Waals surface area contributed by atoms with Gasteiger partial charge in [-0.25, -0.2) is 8.42 Å². The molecule has 0 aliphatic rings. The monoisotopic (exact) mass is 281 g/mol. The molecule has 0 unspecified atom stereocenters. The standard InChI is InChI=1S/C12H15N3O3S/c1-19(16,17)10-8-14-15(9-10)6-7-18-12-5-3-2-4-11(12)13/h2-5,8-9H,6-7,13H2,1H3. The zero-order valence-corrected chi connectivity index (χ0v) is 11.3. The largest absolute Gasteiger partial charge is 0.490 e. The van der Waals surface area contributed by atoms with Gasteiger partial charge in [0.25, 0.3) is 0 Å². The lowest BCUT2D eigenvalue weighted by Gasteiger charge is -2.08. The van der Waals surface area contributed by atoms with E-state index in [1.165, 1.54) is 17.1 Å². The number of aromatic nitrogens is 2. The molecule has 0 radical (unpaired) electrons. The molecule has 1 aromatic carbocycles. The van der Waals surface area contributed by atoms with Crippen molar-refractivity contribution in [3.05, 3.63) is 36.7 Å². The Hall–Kier alpha value is -2.02. The molecule has 0 amide bonds. The molecular formula is C12H15N3O3S. The summed E-state index contributed by atoms with van der Waals surface area (Å²) < 4.78 is 29.6. The average molecular weight is 281 g/mol. The highest BCUT2D eigenvalue weighted by atomic mass is 32.2. The maximum Gasteiger partial charge on any atom is 0.178 e. The Balaban J connectivity index is 1.93. The van der Waals surface area contributed by atoms with Crippen LogP contribution in [0.1, 0.15) is 0 Å². The quantitative estimate of drug-likeness (QED) is 0.824. The smallest absolute Gasteiger partial charge is 0.178 e. The number of para-hydroxylation sites is 2. The number of hydrogen-bond donors (Lipinski definition) is 1. The summed E-state index contributed by atoms with van der Waals surface area (Å²) in [5.41, 5.74) is 6.30. The predicted octanol–water partition coefficient (Wildman–Crippen LogP) is 0.948. The number of benzene rings is 1. The molecule has 0 atom stereocenters. The zero-order valence-electron chi connectivity index (χ0n) is 10.5. The molecular weight excluding hydrogens is 266 g/mol. The summed E-state index contributed by atoms with van der Waals surface area (Å²) in [6.07, 6.45) is 3.95. The minimum atomic E-state index is -3.21. The highest BCUT2D eigenvalue weighted by Gasteiger charge is 2.09. The Morgan fingerprint density at radius 1 is 1.37 bits per heavy atom. The van der Waals surface area contributed by atoms with Gasteiger partial charge in [-0.05, 0) is 12.1 Å². The van der Waals surface area contributed by atoms with Crippen LogP contribution in [-0.4, -0.2) is 31.1 Å². The Bertz CT molecular complexity index is 664. The molecule has 0 spiro atoms. The molecule has 0 aliphatic heterocycles. The minimum absolute atomic E-state index is 0.201. The summed E-state index contributed by atoms with van der Waals surface area (Å²) >= 11 is 0. The molecule has 7 heteroatoms. The van der Waals surface area contributed by atoms with E-state index in [-0.39, 0.29) is 4.90 Å². The molecule has 2 N–H and O–H groups in total. The van der Waals surface area contributed by atoms with Gasteiger partial charge in [-0.3, -0.25) is 4.68 Å². The first kappa shape index (κ1) is 13.4.